The van der Waals surface area contributed by atoms with Gasteiger partial charge in [0.2, 0.25) is 5.91 Å². The molecular weight excluding hydrogens is 226 g/mol. The number of nitrogens with zero attached hydrogens (tertiary/aromatic N) is 1. The third-order valence-corrected chi connectivity index (χ3v) is 3.51. The zero-order chi connectivity index (χ0) is 13.1. The molecule has 1 atom stereocenters. The van der Waals surface area contributed by atoms with Crippen LogP contribution in [0.15, 0.2) is 24.3 Å². The summed E-state index contributed by atoms with van der Waals surface area (Å²) in [6, 6.07) is 7.51. The quantitative estimate of drug-likeness (QED) is 0.767. The maximum absolute atomic E-state index is 12.1. The van der Waals surface area contributed by atoms with Gasteiger partial charge in [0, 0.05) is 18.0 Å². The monoisotopic (exact) mass is 245 g/mol. The van der Waals surface area contributed by atoms with E-state index in [-0.39, 0.29) is 24.2 Å². The second kappa shape index (κ2) is 5.34. The summed E-state index contributed by atoms with van der Waals surface area (Å²) in [6.45, 7) is 4.85. The first-order valence-corrected chi connectivity index (χ1v) is 6.46. The number of aryl methyl sites for hydroxylation is 1. The number of likely N-dealkylation sites (tertiary alicyclic amines) is 1. The summed E-state index contributed by atoms with van der Waals surface area (Å²) in [7, 11) is 0. The number of hydrogen-bond donors (Lipinski definition) is 0. The van der Waals surface area contributed by atoms with Gasteiger partial charge in [0.15, 0.2) is 5.78 Å². The van der Waals surface area contributed by atoms with Crippen molar-refractivity contribution in [2.75, 3.05) is 13.1 Å². The van der Waals surface area contributed by atoms with E-state index in [1.165, 1.54) is 0 Å². The van der Waals surface area contributed by atoms with Crippen LogP contribution in [-0.4, -0.2) is 29.7 Å². The van der Waals surface area contributed by atoms with Crippen molar-refractivity contribution in [2.24, 2.45) is 5.92 Å². The molecule has 0 N–H and O–H groups in total. The highest BCUT2D eigenvalue weighted by molar-refractivity contribution is 5.99. The van der Waals surface area contributed by atoms with E-state index in [2.05, 4.69) is 0 Å². The molecule has 3 heteroatoms. The van der Waals surface area contributed by atoms with Crippen molar-refractivity contribution in [2.45, 2.75) is 26.7 Å². The van der Waals surface area contributed by atoms with Crippen LogP contribution in [0.3, 0.4) is 0 Å². The van der Waals surface area contributed by atoms with Crippen LogP contribution in [0.1, 0.15) is 35.7 Å². The summed E-state index contributed by atoms with van der Waals surface area (Å²) in [6.07, 6.45) is 1.93. The Morgan fingerprint density at radius 2 is 2.00 bits per heavy atom. The molecule has 1 aliphatic heterocycles. The minimum Gasteiger partial charge on any atom is -0.335 e. The molecule has 1 saturated heterocycles. The van der Waals surface area contributed by atoms with Crippen LogP contribution in [0.5, 0.6) is 0 Å². The topological polar surface area (TPSA) is 37.4 Å². The number of carbonyl (C=O) groups is 2. The van der Waals surface area contributed by atoms with Crippen molar-refractivity contribution in [1.82, 2.24) is 4.90 Å². The van der Waals surface area contributed by atoms with Crippen LogP contribution >= 0.6 is 0 Å². The van der Waals surface area contributed by atoms with Crippen molar-refractivity contribution in [3.05, 3.63) is 35.4 Å². The Labute approximate surface area is 108 Å². The smallest absolute Gasteiger partial charge is 0.225 e. The van der Waals surface area contributed by atoms with Crippen LogP contribution in [0.2, 0.25) is 0 Å². The van der Waals surface area contributed by atoms with Gasteiger partial charge in [0.25, 0.3) is 0 Å². The lowest BCUT2D eigenvalue weighted by Crippen LogP contribution is -2.42. The largest absolute Gasteiger partial charge is 0.335 e. The maximum atomic E-state index is 12.1. The Bertz CT molecular complexity index is 450. The highest BCUT2D eigenvalue weighted by Crippen LogP contribution is 2.17. The predicted molar refractivity (Wildman–Crippen MR) is 70.5 cm³/mol. The first kappa shape index (κ1) is 12.8. The fourth-order valence-corrected chi connectivity index (χ4v) is 2.29. The summed E-state index contributed by atoms with van der Waals surface area (Å²) in [5, 5.41) is 0. The van der Waals surface area contributed by atoms with E-state index in [1.807, 2.05) is 38.1 Å². The van der Waals surface area contributed by atoms with Gasteiger partial charge in [-0.3, -0.25) is 9.59 Å². The van der Waals surface area contributed by atoms with Gasteiger partial charge in [-0.1, -0.05) is 36.8 Å². The van der Waals surface area contributed by atoms with Crippen LogP contribution < -0.4 is 0 Å². The first-order chi connectivity index (χ1) is 8.58. The Balaban J connectivity index is 2.03. The van der Waals surface area contributed by atoms with Gasteiger partial charge in [-0.25, -0.2) is 0 Å². The lowest BCUT2D eigenvalue weighted by molar-refractivity contribution is -0.137. The van der Waals surface area contributed by atoms with E-state index in [1.54, 1.807) is 4.90 Å². The van der Waals surface area contributed by atoms with Gasteiger partial charge in [-0.05, 0) is 19.8 Å². The Morgan fingerprint density at radius 3 is 2.67 bits per heavy atom. The number of Topliss-reactive ketones (excluding diaryl/α,β-unsaturated/α-hetero) is 1. The number of benzene rings is 1. The van der Waals surface area contributed by atoms with E-state index < -0.39 is 0 Å². The van der Waals surface area contributed by atoms with Gasteiger partial charge >= 0.3 is 0 Å². The molecule has 1 amide bonds. The highest BCUT2D eigenvalue weighted by atomic mass is 16.2. The van der Waals surface area contributed by atoms with E-state index >= 15 is 0 Å². The second-order valence-corrected chi connectivity index (χ2v) is 5.09. The minimum atomic E-state index is 0.0254. The molecule has 2 rings (SSSR count). The van der Waals surface area contributed by atoms with Gasteiger partial charge in [-0.15, -0.1) is 0 Å². The number of carbonyl (C=O) groups excluding carboxylic acids is 2. The van der Waals surface area contributed by atoms with Crippen molar-refractivity contribution < 1.29 is 9.59 Å². The van der Waals surface area contributed by atoms with Crippen LogP contribution in [-0.2, 0) is 4.79 Å². The van der Waals surface area contributed by atoms with Crippen molar-refractivity contribution >= 4 is 11.7 Å². The molecule has 1 fully saturated rings. The zero-order valence-electron chi connectivity index (χ0n) is 11.0. The minimum absolute atomic E-state index is 0.0254. The van der Waals surface area contributed by atoms with Gasteiger partial charge in [-0.2, -0.15) is 0 Å². The van der Waals surface area contributed by atoms with E-state index in [4.69, 9.17) is 0 Å². The lowest BCUT2D eigenvalue weighted by Gasteiger charge is -2.30. The van der Waals surface area contributed by atoms with Crippen molar-refractivity contribution in [1.29, 1.82) is 0 Å². The number of amides is 1. The normalized spacial score (nSPS) is 20.0. The molecule has 1 aromatic rings. The fraction of sp³-hybridized carbons (Fsp3) is 0.467. The Kier molecular flexibility index (Phi) is 3.80. The second-order valence-electron chi connectivity index (χ2n) is 5.09. The molecule has 18 heavy (non-hydrogen) atoms. The standard InChI is InChI=1S/C15H19NO2/c1-11-5-7-13(8-6-11)14(17)10-16-9-3-4-12(2)15(16)18/h5-8,12H,3-4,9-10H2,1-2H3. The molecule has 96 valence electrons. The van der Waals surface area contributed by atoms with E-state index in [9.17, 15) is 9.59 Å². The maximum Gasteiger partial charge on any atom is 0.225 e. The predicted octanol–water partition coefficient (Wildman–Crippen LogP) is 2.44. The molecule has 0 bridgehead atoms. The molecule has 1 unspecified atom stereocenters. The summed E-state index contributed by atoms with van der Waals surface area (Å²) in [5.41, 5.74) is 1.82. The summed E-state index contributed by atoms with van der Waals surface area (Å²) in [4.78, 5) is 25.7. The fourth-order valence-electron chi connectivity index (χ4n) is 2.29. The van der Waals surface area contributed by atoms with Crippen LogP contribution in [0, 0.1) is 12.8 Å². The van der Waals surface area contributed by atoms with E-state index in [0.717, 1.165) is 18.4 Å². The molecule has 0 aliphatic carbocycles. The third kappa shape index (κ3) is 2.78. The van der Waals surface area contributed by atoms with Gasteiger partial charge in [0.1, 0.15) is 0 Å². The first-order valence-electron chi connectivity index (χ1n) is 6.46. The molecule has 0 saturated carbocycles. The van der Waals surface area contributed by atoms with Gasteiger partial charge in [0.05, 0.1) is 6.54 Å². The lowest BCUT2D eigenvalue weighted by atomic mass is 9.98. The summed E-state index contributed by atoms with van der Waals surface area (Å²) in [5.74, 6) is 0.198. The Morgan fingerprint density at radius 1 is 1.33 bits per heavy atom. The molecule has 1 aromatic carbocycles. The van der Waals surface area contributed by atoms with E-state index in [0.29, 0.717) is 12.1 Å². The average molecular weight is 245 g/mol. The highest BCUT2D eigenvalue weighted by Gasteiger charge is 2.26. The number of piperidine rings is 1. The average Bonchev–Trinajstić information content (AvgIpc) is 2.36. The molecule has 1 heterocycles. The molecule has 3 nitrogen and oxygen atoms in total. The molecule has 0 aromatic heterocycles. The SMILES string of the molecule is Cc1ccc(C(=O)CN2CCCC(C)C2=O)cc1. The van der Waals surface area contributed by atoms with Crippen LogP contribution in [0.4, 0.5) is 0 Å². The van der Waals surface area contributed by atoms with Crippen molar-refractivity contribution in [3.63, 3.8) is 0 Å². The van der Waals surface area contributed by atoms with Crippen LogP contribution in [0.25, 0.3) is 0 Å². The summed E-state index contributed by atoms with van der Waals surface area (Å²) < 4.78 is 0. The zero-order valence-corrected chi connectivity index (χ0v) is 11.0. The molecule has 0 spiro atoms. The number of hydrogen-bond acceptors (Lipinski definition) is 2. The molecule has 0 radical (unpaired) electrons. The van der Waals surface area contributed by atoms with Crippen molar-refractivity contribution in [3.8, 4) is 0 Å². The Hall–Kier alpha value is -1.64. The summed E-state index contributed by atoms with van der Waals surface area (Å²) >= 11 is 0. The van der Waals surface area contributed by atoms with Gasteiger partial charge < -0.3 is 4.90 Å². The number of rotatable bonds is 3. The number of ketones is 1. The molecule has 1 aliphatic rings. The third-order valence-electron chi connectivity index (χ3n) is 3.51. The molecular formula is C15H19NO2.